The number of para-hydroxylation sites is 1. The van der Waals surface area contributed by atoms with Gasteiger partial charge in [-0.3, -0.25) is 4.79 Å². The van der Waals surface area contributed by atoms with Crippen LogP contribution in [0.25, 0.3) is 0 Å². The molecule has 1 aliphatic rings. The Bertz CT molecular complexity index is 733. The van der Waals surface area contributed by atoms with Crippen molar-refractivity contribution in [2.45, 2.75) is 12.8 Å². The quantitative estimate of drug-likeness (QED) is 0.815. The number of anilines is 1. The Morgan fingerprint density at radius 1 is 1.29 bits per heavy atom. The van der Waals surface area contributed by atoms with E-state index >= 15 is 0 Å². The molecule has 0 aliphatic carbocycles. The molecule has 5 heteroatoms. The third-order valence-corrected chi connectivity index (χ3v) is 4.58. The zero-order valence-electron chi connectivity index (χ0n) is 13.7. The zero-order valence-corrected chi connectivity index (χ0v) is 14.5. The molecule has 0 spiro atoms. The first-order valence-corrected chi connectivity index (χ1v) is 8.51. The van der Waals surface area contributed by atoms with Gasteiger partial charge in [-0.1, -0.05) is 29.8 Å². The van der Waals surface area contributed by atoms with Crippen LogP contribution in [0.15, 0.2) is 42.5 Å². The van der Waals surface area contributed by atoms with Crippen molar-refractivity contribution in [1.82, 2.24) is 5.32 Å². The number of hydrogen-bond donors (Lipinski definition) is 1. The summed E-state index contributed by atoms with van der Waals surface area (Å²) in [5.74, 6) is 0.460. The van der Waals surface area contributed by atoms with E-state index in [1.807, 2.05) is 0 Å². The molecule has 0 saturated carbocycles. The van der Waals surface area contributed by atoms with Gasteiger partial charge in [0.2, 0.25) is 0 Å². The first kappa shape index (κ1) is 16.7. The molecule has 1 heterocycles. The molecule has 0 atom stereocenters. The van der Waals surface area contributed by atoms with Gasteiger partial charge in [-0.25, -0.2) is 0 Å². The van der Waals surface area contributed by atoms with Crippen LogP contribution in [0.4, 0.5) is 5.69 Å². The molecule has 1 N–H and O–H groups in total. The average molecular weight is 345 g/mol. The van der Waals surface area contributed by atoms with E-state index in [4.69, 9.17) is 16.3 Å². The van der Waals surface area contributed by atoms with Crippen molar-refractivity contribution in [3.8, 4) is 5.75 Å². The lowest BCUT2D eigenvalue weighted by atomic mass is 10.2. The fourth-order valence-corrected chi connectivity index (χ4v) is 3.28. The Kier molecular flexibility index (Phi) is 5.26. The number of halogens is 1. The Hall–Kier alpha value is -2.20. The average Bonchev–Trinajstić information content (AvgIpc) is 3.01. The summed E-state index contributed by atoms with van der Waals surface area (Å²) in [6.07, 6.45) is 2.01. The van der Waals surface area contributed by atoms with Gasteiger partial charge in [0, 0.05) is 30.9 Å². The van der Waals surface area contributed by atoms with E-state index in [0.29, 0.717) is 22.9 Å². The number of fused-ring (bicyclic) bond motifs is 1. The van der Waals surface area contributed by atoms with Gasteiger partial charge in [0.15, 0.2) is 0 Å². The highest BCUT2D eigenvalue weighted by molar-refractivity contribution is 6.32. The van der Waals surface area contributed by atoms with Crippen molar-refractivity contribution in [2.75, 3.05) is 31.6 Å². The summed E-state index contributed by atoms with van der Waals surface area (Å²) in [4.78, 5) is 14.5. The molecular weight excluding hydrogens is 324 g/mol. The fourth-order valence-electron chi connectivity index (χ4n) is 3.02. The van der Waals surface area contributed by atoms with E-state index in [2.05, 4.69) is 34.5 Å². The number of benzene rings is 2. The van der Waals surface area contributed by atoms with Crippen LogP contribution in [0, 0.1) is 0 Å². The van der Waals surface area contributed by atoms with Gasteiger partial charge >= 0.3 is 0 Å². The lowest BCUT2D eigenvalue weighted by molar-refractivity contribution is 0.0953. The second-order valence-electron chi connectivity index (χ2n) is 5.82. The summed E-state index contributed by atoms with van der Waals surface area (Å²) >= 11 is 6.06. The molecule has 126 valence electrons. The molecular formula is C19H21ClN2O2. The molecule has 0 radical (unpaired) electrons. The maximum absolute atomic E-state index is 12.2. The minimum absolute atomic E-state index is 0.110. The van der Waals surface area contributed by atoms with Gasteiger partial charge in [0.1, 0.15) is 5.75 Å². The highest BCUT2D eigenvalue weighted by Gasteiger charge is 2.17. The summed E-state index contributed by atoms with van der Waals surface area (Å²) in [6.45, 7) is 2.64. The molecule has 0 unspecified atom stereocenters. The first-order valence-electron chi connectivity index (χ1n) is 8.13. The normalized spacial score (nSPS) is 12.8. The van der Waals surface area contributed by atoms with Crippen molar-refractivity contribution in [1.29, 1.82) is 0 Å². The molecule has 4 nitrogen and oxygen atoms in total. The molecule has 2 aromatic carbocycles. The summed E-state index contributed by atoms with van der Waals surface area (Å²) in [7, 11) is 1.55. The van der Waals surface area contributed by atoms with E-state index in [1.54, 1.807) is 25.3 Å². The summed E-state index contributed by atoms with van der Waals surface area (Å²) in [5, 5.41) is 3.39. The molecule has 24 heavy (non-hydrogen) atoms. The number of ether oxygens (including phenoxy) is 1. The van der Waals surface area contributed by atoms with Crippen molar-refractivity contribution >= 4 is 23.2 Å². The Morgan fingerprint density at radius 3 is 2.92 bits per heavy atom. The summed E-state index contributed by atoms with van der Waals surface area (Å²) in [6, 6.07) is 13.6. The van der Waals surface area contributed by atoms with Crippen LogP contribution in [0.1, 0.15) is 22.3 Å². The predicted molar refractivity (Wildman–Crippen MR) is 97.3 cm³/mol. The third-order valence-electron chi connectivity index (χ3n) is 4.29. The molecule has 0 bridgehead atoms. The van der Waals surface area contributed by atoms with Crippen LogP contribution in [-0.4, -0.2) is 32.7 Å². The predicted octanol–water partition coefficient (Wildman–Crippen LogP) is 3.53. The topological polar surface area (TPSA) is 41.6 Å². The van der Waals surface area contributed by atoms with Crippen LogP contribution < -0.4 is 15.0 Å². The largest absolute Gasteiger partial charge is 0.495 e. The number of nitrogens with one attached hydrogen (secondary N) is 1. The second-order valence-corrected chi connectivity index (χ2v) is 6.23. The monoisotopic (exact) mass is 344 g/mol. The van der Waals surface area contributed by atoms with Gasteiger partial charge < -0.3 is 15.0 Å². The lowest BCUT2D eigenvalue weighted by Gasteiger charge is -2.19. The second kappa shape index (κ2) is 7.58. The molecule has 0 aromatic heterocycles. The van der Waals surface area contributed by atoms with Crippen molar-refractivity contribution in [2.24, 2.45) is 0 Å². The molecule has 1 amide bonds. The smallest absolute Gasteiger partial charge is 0.251 e. The lowest BCUT2D eigenvalue weighted by Crippen LogP contribution is -2.29. The Labute approximate surface area is 147 Å². The number of amides is 1. The minimum atomic E-state index is -0.110. The fraction of sp³-hybridized carbons (Fsp3) is 0.316. The maximum atomic E-state index is 12.2. The Morgan fingerprint density at radius 2 is 2.12 bits per heavy atom. The number of methoxy groups -OCH3 is 1. The van der Waals surface area contributed by atoms with Gasteiger partial charge in [0.05, 0.1) is 12.1 Å². The van der Waals surface area contributed by atoms with Gasteiger partial charge in [0.25, 0.3) is 5.91 Å². The molecule has 2 aromatic rings. The highest BCUT2D eigenvalue weighted by Crippen LogP contribution is 2.27. The van der Waals surface area contributed by atoms with E-state index in [9.17, 15) is 4.79 Å². The molecule has 3 rings (SSSR count). The van der Waals surface area contributed by atoms with Crippen LogP contribution in [0.5, 0.6) is 5.75 Å². The molecule has 0 saturated heterocycles. The van der Waals surface area contributed by atoms with Crippen molar-refractivity contribution in [3.63, 3.8) is 0 Å². The maximum Gasteiger partial charge on any atom is 0.251 e. The SMILES string of the molecule is COc1ccc(C(=O)NCCCN2CCc3ccccc32)cc1Cl. The van der Waals surface area contributed by atoms with Crippen LogP contribution in [0.3, 0.4) is 0 Å². The van der Waals surface area contributed by atoms with Gasteiger partial charge in [-0.05, 0) is 42.7 Å². The van der Waals surface area contributed by atoms with E-state index in [0.717, 1.165) is 25.9 Å². The van der Waals surface area contributed by atoms with Gasteiger partial charge in [-0.2, -0.15) is 0 Å². The van der Waals surface area contributed by atoms with Crippen molar-refractivity contribution < 1.29 is 9.53 Å². The van der Waals surface area contributed by atoms with Crippen LogP contribution >= 0.6 is 11.6 Å². The molecule has 1 aliphatic heterocycles. The van der Waals surface area contributed by atoms with Crippen LogP contribution in [0.2, 0.25) is 5.02 Å². The van der Waals surface area contributed by atoms with Crippen molar-refractivity contribution in [3.05, 3.63) is 58.6 Å². The number of nitrogens with zero attached hydrogens (tertiary/aromatic N) is 1. The van der Waals surface area contributed by atoms with E-state index < -0.39 is 0 Å². The van der Waals surface area contributed by atoms with Gasteiger partial charge in [-0.15, -0.1) is 0 Å². The first-order chi connectivity index (χ1) is 11.7. The number of rotatable bonds is 6. The third kappa shape index (κ3) is 3.65. The summed E-state index contributed by atoms with van der Waals surface area (Å²) < 4.78 is 5.09. The number of carbonyl (C=O) groups is 1. The summed E-state index contributed by atoms with van der Waals surface area (Å²) in [5.41, 5.74) is 3.28. The zero-order chi connectivity index (χ0) is 16.9. The standard InChI is InChI=1S/C19H21ClN2O2/c1-24-18-8-7-15(13-16(18)20)19(23)21-10-4-11-22-12-9-14-5-2-3-6-17(14)22/h2-3,5-8,13H,4,9-12H2,1H3,(H,21,23). The van der Waals surface area contributed by atoms with E-state index in [-0.39, 0.29) is 5.91 Å². The highest BCUT2D eigenvalue weighted by atomic mass is 35.5. The number of hydrogen-bond acceptors (Lipinski definition) is 3. The minimum Gasteiger partial charge on any atom is -0.495 e. The van der Waals surface area contributed by atoms with E-state index in [1.165, 1.54) is 11.3 Å². The molecule has 0 fully saturated rings. The number of carbonyl (C=O) groups excluding carboxylic acids is 1. The van der Waals surface area contributed by atoms with Crippen LogP contribution in [-0.2, 0) is 6.42 Å². The Balaban J connectivity index is 1.47.